The van der Waals surface area contributed by atoms with E-state index in [0.717, 1.165) is 96.3 Å². The smallest absolute Gasteiger partial charge is 0.306 e. The highest BCUT2D eigenvalue weighted by Gasteiger charge is 2.19. The number of carbonyl (C=O) groups excluding carboxylic acids is 3. The van der Waals surface area contributed by atoms with Crippen LogP contribution in [0.2, 0.25) is 0 Å². The summed E-state index contributed by atoms with van der Waals surface area (Å²) in [5, 5.41) is 0. The minimum Gasteiger partial charge on any atom is -0.462 e. The predicted molar refractivity (Wildman–Crippen MR) is 344 cm³/mol. The molecular weight excluding hydrogens is 973 g/mol. The van der Waals surface area contributed by atoms with Crippen LogP contribution in [-0.4, -0.2) is 37.2 Å². The molecule has 6 nitrogen and oxygen atoms in total. The lowest BCUT2D eigenvalue weighted by Crippen LogP contribution is -2.30. The highest BCUT2D eigenvalue weighted by atomic mass is 16.6. The highest BCUT2D eigenvalue weighted by Crippen LogP contribution is 2.17. The molecule has 0 aromatic carbocycles. The normalized spacial score (nSPS) is 12.5. The van der Waals surface area contributed by atoms with Crippen molar-refractivity contribution in [3.05, 3.63) is 72.9 Å². The fourth-order valence-electron chi connectivity index (χ4n) is 9.99. The molecule has 0 aromatic heterocycles. The van der Waals surface area contributed by atoms with Crippen molar-refractivity contribution in [3.8, 4) is 0 Å². The highest BCUT2D eigenvalue weighted by molar-refractivity contribution is 5.71. The van der Waals surface area contributed by atoms with Gasteiger partial charge in [-0.05, 0) is 96.3 Å². The minimum atomic E-state index is -0.787. The van der Waals surface area contributed by atoms with E-state index >= 15 is 0 Å². The molecule has 0 N–H and O–H groups in total. The number of allylic oxidation sites excluding steroid dienone is 12. The van der Waals surface area contributed by atoms with Gasteiger partial charge in [0.25, 0.3) is 0 Å². The second-order valence-corrected chi connectivity index (χ2v) is 23.1. The monoisotopic (exact) mass is 1100 g/mol. The quantitative estimate of drug-likeness (QED) is 0.0261. The summed E-state index contributed by atoms with van der Waals surface area (Å²) in [5.74, 6) is -0.887. The lowest BCUT2D eigenvalue weighted by Gasteiger charge is -2.18. The average Bonchev–Trinajstić information content (AvgIpc) is 3.45. The zero-order valence-electron chi connectivity index (χ0n) is 52.6. The first-order chi connectivity index (χ1) is 39.0. The maximum atomic E-state index is 13.0. The fraction of sp³-hybridized carbons (Fsp3) is 0.795. The van der Waals surface area contributed by atoms with Crippen LogP contribution < -0.4 is 0 Å². The van der Waals surface area contributed by atoms with E-state index in [2.05, 4.69) is 93.7 Å². The Kier molecular flexibility index (Phi) is 64.7. The molecule has 79 heavy (non-hydrogen) atoms. The van der Waals surface area contributed by atoms with Gasteiger partial charge in [-0.1, -0.05) is 312 Å². The van der Waals surface area contributed by atoms with Gasteiger partial charge in [-0.25, -0.2) is 0 Å². The van der Waals surface area contributed by atoms with Crippen molar-refractivity contribution < 1.29 is 28.6 Å². The molecule has 0 bridgehead atoms. The second-order valence-electron chi connectivity index (χ2n) is 23.1. The van der Waals surface area contributed by atoms with E-state index in [9.17, 15) is 14.4 Å². The number of unbranched alkanes of at least 4 members (excludes halogenated alkanes) is 40. The topological polar surface area (TPSA) is 78.9 Å². The van der Waals surface area contributed by atoms with Gasteiger partial charge in [0.15, 0.2) is 6.10 Å². The lowest BCUT2D eigenvalue weighted by molar-refractivity contribution is -0.167. The van der Waals surface area contributed by atoms with Crippen LogP contribution in [0.3, 0.4) is 0 Å². The van der Waals surface area contributed by atoms with Gasteiger partial charge in [-0.15, -0.1) is 0 Å². The summed E-state index contributed by atoms with van der Waals surface area (Å²) in [5.41, 5.74) is 0. The van der Waals surface area contributed by atoms with E-state index in [1.165, 1.54) is 218 Å². The Hall–Kier alpha value is -3.15. The van der Waals surface area contributed by atoms with Crippen LogP contribution in [0.5, 0.6) is 0 Å². The Balaban J connectivity index is 4.40. The molecule has 0 aliphatic carbocycles. The van der Waals surface area contributed by atoms with Crippen molar-refractivity contribution in [2.45, 2.75) is 361 Å². The van der Waals surface area contributed by atoms with Crippen molar-refractivity contribution >= 4 is 17.9 Å². The Morgan fingerprint density at radius 2 is 0.456 bits per heavy atom. The average molecular weight is 1100 g/mol. The van der Waals surface area contributed by atoms with Gasteiger partial charge in [-0.3, -0.25) is 14.4 Å². The number of esters is 3. The Morgan fingerprint density at radius 3 is 0.734 bits per heavy atom. The van der Waals surface area contributed by atoms with Gasteiger partial charge >= 0.3 is 17.9 Å². The van der Waals surface area contributed by atoms with Crippen LogP contribution in [0.25, 0.3) is 0 Å². The molecule has 0 aromatic rings. The van der Waals surface area contributed by atoms with Crippen LogP contribution in [-0.2, 0) is 28.6 Å². The SMILES string of the molecule is CCCCC/C=C\C/C=C\C/C=C\CCCCCCCCC(=O)OCC(COC(=O)CCCCCCCC/C=C\C/C=C\C/C=C\CCCCCCC)OC(=O)CCCCCCCCCCCCCCCCCCCCCCC. The van der Waals surface area contributed by atoms with Crippen LogP contribution in [0.4, 0.5) is 0 Å². The molecule has 0 amide bonds. The zero-order valence-corrected chi connectivity index (χ0v) is 52.6. The first-order valence-corrected chi connectivity index (χ1v) is 34.4. The molecule has 0 spiro atoms. The van der Waals surface area contributed by atoms with Gasteiger partial charge < -0.3 is 14.2 Å². The maximum absolute atomic E-state index is 13.0. The number of hydrogen-bond acceptors (Lipinski definition) is 6. The molecule has 0 heterocycles. The zero-order chi connectivity index (χ0) is 57.1. The van der Waals surface area contributed by atoms with Crippen molar-refractivity contribution in [2.75, 3.05) is 13.2 Å². The number of hydrogen-bond donors (Lipinski definition) is 0. The van der Waals surface area contributed by atoms with Crippen LogP contribution in [0.15, 0.2) is 72.9 Å². The lowest BCUT2D eigenvalue weighted by atomic mass is 10.0. The standard InChI is InChI=1S/C73H130O6/c1-4-7-10-13-16-19-22-25-28-31-34-36-39-42-45-48-51-54-57-60-63-66-72(75)78-69-70(68-77-71(74)65-62-59-56-53-50-47-44-41-38-33-30-27-24-21-18-15-12-9-6-3)79-73(76)67-64-61-58-55-52-49-46-43-40-37-35-32-29-26-23-20-17-14-11-8-5-2/h18,21-22,25,27,30-31,34,38-39,41-42,70H,4-17,19-20,23-24,26,28-29,32-33,35-37,40,43-69H2,1-3H3/b21-18-,25-22-,30-27-,34-31-,41-38-,42-39-. The summed E-state index contributed by atoms with van der Waals surface area (Å²) < 4.78 is 17.0. The van der Waals surface area contributed by atoms with Gasteiger partial charge in [0.2, 0.25) is 0 Å². The third kappa shape index (κ3) is 65.5. The Bertz CT molecular complexity index is 1450. The fourth-order valence-corrected chi connectivity index (χ4v) is 9.99. The molecule has 458 valence electrons. The van der Waals surface area contributed by atoms with E-state index in [0.29, 0.717) is 19.3 Å². The van der Waals surface area contributed by atoms with Gasteiger partial charge in [0.1, 0.15) is 13.2 Å². The summed E-state index contributed by atoms with van der Waals surface area (Å²) >= 11 is 0. The molecule has 0 aliphatic rings. The van der Waals surface area contributed by atoms with E-state index < -0.39 is 6.10 Å². The predicted octanol–water partition coefficient (Wildman–Crippen LogP) is 23.7. The van der Waals surface area contributed by atoms with Crippen molar-refractivity contribution in [2.24, 2.45) is 0 Å². The van der Waals surface area contributed by atoms with E-state index in [-0.39, 0.29) is 31.1 Å². The molecule has 0 saturated heterocycles. The molecule has 0 fully saturated rings. The third-order valence-electron chi connectivity index (χ3n) is 15.2. The Morgan fingerprint density at radius 1 is 0.253 bits per heavy atom. The molecule has 6 heteroatoms. The molecule has 0 radical (unpaired) electrons. The number of ether oxygens (including phenoxy) is 3. The minimum absolute atomic E-state index is 0.0838. The van der Waals surface area contributed by atoms with Crippen molar-refractivity contribution in [3.63, 3.8) is 0 Å². The molecule has 1 unspecified atom stereocenters. The van der Waals surface area contributed by atoms with Gasteiger partial charge in [0.05, 0.1) is 0 Å². The maximum Gasteiger partial charge on any atom is 0.306 e. The van der Waals surface area contributed by atoms with Crippen LogP contribution in [0.1, 0.15) is 355 Å². The van der Waals surface area contributed by atoms with Crippen molar-refractivity contribution in [1.82, 2.24) is 0 Å². The third-order valence-corrected chi connectivity index (χ3v) is 15.2. The molecule has 0 saturated carbocycles. The Labute approximate surface area is 491 Å². The van der Waals surface area contributed by atoms with E-state index in [1.807, 2.05) is 0 Å². The largest absolute Gasteiger partial charge is 0.462 e. The van der Waals surface area contributed by atoms with Crippen molar-refractivity contribution in [1.29, 1.82) is 0 Å². The summed E-state index contributed by atoms with van der Waals surface area (Å²) in [6, 6.07) is 0. The van der Waals surface area contributed by atoms with Crippen LogP contribution in [0, 0.1) is 0 Å². The van der Waals surface area contributed by atoms with Crippen LogP contribution >= 0.6 is 0 Å². The summed E-state index contributed by atoms with van der Waals surface area (Å²) in [6.45, 7) is 6.63. The summed E-state index contributed by atoms with van der Waals surface area (Å²) in [6.07, 6.45) is 87.7. The summed E-state index contributed by atoms with van der Waals surface area (Å²) in [7, 11) is 0. The number of carbonyl (C=O) groups is 3. The first-order valence-electron chi connectivity index (χ1n) is 34.4. The van der Waals surface area contributed by atoms with Gasteiger partial charge in [0, 0.05) is 19.3 Å². The van der Waals surface area contributed by atoms with E-state index in [1.54, 1.807) is 0 Å². The number of rotatable bonds is 63. The molecule has 0 aliphatic heterocycles. The molecular formula is C73H130O6. The van der Waals surface area contributed by atoms with Gasteiger partial charge in [-0.2, -0.15) is 0 Å². The second kappa shape index (κ2) is 67.4. The molecule has 0 rings (SSSR count). The molecule has 1 atom stereocenters. The van der Waals surface area contributed by atoms with E-state index in [4.69, 9.17) is 14.2 Å². The first kappa shape index (κ1) is 75.8. The summed E-state index contributed by atoms with van der Waals surface area (Å²) in [4.78, 5) is 38.5.